The van der Waals surface area contributed by atoms with E-state index in [1.165, 1.54) is 21.8 Å². The number of imide groups is 1. The van der Waals surface area contributed by atoms with Crippen LogP contribution in [-0.2, 0) is 17.6 Å². The molecule has 2 aliphatic rings. The fourth-order valence-electron chi connectivity index (χ4n) is 3.81. The molecule has 2 heterocycles. The third-order valence-electron chi connectivity index (χ3n) is 5.48. The zero-order chi connectivity index (χ0) is 20.5. The Balaban J connectivity index is 1.34. The molecule has 1 aromatic heterocycles. The predicted octanol–water partition coefficient (Wildman–Crippen LogP) is 2.32. The number of hydrazine groups is 1. The van der Waals surface area contributed by atoms with Gasteiger partial charge in [0.25, 0.3) is 23.6 Å². The molecule has 0 radical (unpaired) electrons. The van der Waals surface area contributed by atoms with E-state index in [4.69, 9.17) is 0 Å². The number of fused-ring (bicyclic) bond motifs is 2. The van der Waals surface area contributed by atoms with Crippen molar-refractivity contribution >= 4 is 35.0 Å². The summed E-state index contributed by atoms with van der Waals surface area (Å²) < 4.78 is 0. The molecule has 2 aromatic rings. The fraction of sp³-hybridized carbons (Fsp3) is 0.333. The summed E-state index contributed by atoms with van der Waals surface area (Å²) in [5.41, 5.74) is 6.46. The monoisotopic (exact) mass is 411 g/mol. The van der Waals surface area contributed by atoms with Gasteiger partial charge in [-0.1, -0.05) is 25.5 Å². The van der Waals surface area contributed by atoms with Crippen molar-refractivity contribution in [2.24, 2.45) is 5.92 Å². The van der Waals surface area contributed by atoms with Crippen LogP contribution >= 0.6 is 11.3 Å². The molecule has 0 saturated heterocycles. The van der Waals surface area contributed by atoms with Crippen LogP contribution in [0.2, 0.25) is 0 Å². The number of amides is 4. The lowest BCUT2D eigenvalue weighted by atomic mass is 9.87. The Bertz CT molecular complexity index is 978. The van der Waals surface area contributed by atoms with Gasteiger partial charge in [0.2, 0.25) is 0 Å². The Morgan fingerprint density at radius 1 is 1.14 bits per heavy atom. The second kappa shape index (κ2) is 7.79. The van der Waals surface area contributed by atoms with E-state index in [1.807, 2.05) is 6.07 Å². The van der Waals surface area contributed by atoms with Crippen LogP contribution < -0.4 is 10.9 Å². The van der Waals surface area contributed by atoms with Gasteiger partial charge in [0.1, 0.15) is 6.54 Å². The zero-order valence-electron chi connectivity index (χ0n) is 16.0. The quantitative estimate of drug-likeness (QED) is 0.596. The minimum Gasteiger partial charge on any atom is -0.271 e. The van der Waals surface area contributed by atoms with Gasteiger partial charge in [0, 0.05) is 4.88 Å². The maximum absolute atomic E-state index is 12.4. The Morgan fingerprint density at radius 3 is 2.48 bits per heavy atom. The molecule has 1 aliphatic carbocycles. The molecule has 150 valence electrons. The molecule has 4 amide bonds. The number of aryl methyl sites for hydroxylation is 1. The highest BCUT2D eigenvalue weighted by Crippen LogP contribution is 2.33. The molecule has 0 fully saturated rings. The van der Waals surface area contributed by atoms with Crippen molar-refractivity contribution in [1.82, 2.24) is 15.8 Å². The molecule has 1 aromatic carbocycles. The van der Waals surface area contributed by atoms with Crippen LogP contribution in [0, 0.1) is 5.92 Å². The van der Waals surface area contributed by atoms with Gasteiger partial charge in [0.15, 0.2) is 0 Å². The van der Waals surface area contributed by atoms with Crippen LogP contribution in [0.15, 0.2) is 30.3 Å². The van der Waals surface area contributed by atoms with Gasteiger partial charge < -0.3 is 0 Å². The molecule has 0 spiro atoms. The molecule has 8 heteroatoms. The van der Waals surface area contributed by atoms with E-state index in [9.17, 15) is 19.2 Å². The van der Waals surface area contributed by atoms with Crippen LogP contribution in [0.4, 0.5) is 0 Å². The van der Waals surface area contributed by atoms with Gasteiger partial charge in [0.05, 0.1) is 16.0 Å². The number of hydrogen-bond acceptors (Lipinski definition) is 5. The zero-order valence-corrected chi connectivity index (χ0v) is 16.8. The Hall–Kier alpha value is -3.00. The van der Waals surface area contributed by atoms with Crippen molar-refractivity contribution in [2.75, 3.05) is 6.54 Å². The lowest BCUT2D eigenvalue weighted by Gasteiger charge is -2.19. The molecule has 7 nitrogen and oxygen atoms in total. The summed E-state index contributed by atoms with van der Waals surface area (Å²) in [6.07, 6.45) is 4.24. The normalized spacial score (nSPS) is 17.7. The number of carbonyl (C=O) groups excluding carboxylic acids is 4. The summed E-state index contributed by atoms with van der Waals surface area (Å²) in [6, 6.07) is 8.33. The van der Waals surface area contributed by atoms with E-state index in [0.717, 1.165) is 30.6 Å². The average molecular weight is 411 g/mol. The number of nitrogens with zero attached hydrogens (tertiary/aromatic N) is 1. The summed E-state index contributed by atoms with van der Waals surface area (Å²) in [5.74, 6) is -1.40. The highest BCUT2D eigenvalue weighted by Gasteiger charge is 2.36. The van der Waals surface area contributed by atoms with Crippen LogP contribution in [0.1, 0.15) is 60.6 Å². The van der Waals surface area contributed by atoms with E-state index < -0.39 is 30.2 Å². The summed E-state index contributed by atoms with van der Waals surface area (Å²) in [4.78, 5) is 51.9. The van der Waals surface area contributed by atoms with E-state index in [2.05, 4.69) is 17.8 Å². The lowest BCUT2D eigenvalue weighted by molar-refractivity contribution is -0.122. The molecule has 1 aliphatic heterocycles. The van der Waals surface area contributed by atoms with Crippen molar-refractivity contribution in [3.05, 3.63) is 56.8 Å². The smallest absolute Gasteiger partial charge is 0.271 e. The van der Waals surface area contributed by atoms with E-state index in [1.54, 1.807) is 24.3 Å². The van der Waals surface area contributed by atoms with Gasteiger partial charge in [-0.15, -0.1) is 11.3 Å². The second-order valence-electron chi connectivity index (χ2n) is 7.32. The third kappa shape index (κ3) is 3.67. The van der Waals surface area contributed by atoms with Crippen molar-refractivity contribution < 1.29 is 19.2 Å². The largest absolute Gasteiger partial charge is 0.279 e. The molecule has 4 rings (SSSR count). The summed E-state index contributed by atoms with van der Waals surface area (Å²) >= 11 is 1.45. The topological polar surface area (TPSA) is 95.6 Å². The first-order valence-corrected chi connectivity index (χ1v) is 10.5. The van der Waals surface area contributed by atoms with E-state index >= 15 is 0 Å². The van der Waals surface area contributed by atoms with E-state index in [0.29, 0.717) is 10.8 Å². The molecule has 2 N–H and O–H groups in total. The van der Waals surface area contributed by atoms with Crippen molar-refractivity contribution in [3.8, 4) is 0 Å². The Kier molecular flexibility index (Phi) is 5.19. The standard InChI is InChI=1S/C21H21N3O4S/c1-2-12-7-8-16-13(9-12)10-17(29-16)19(26)23-22-18(25)11-24-20(27)14-5-3-4-6-15(14)21(24)28/h3-6,10,12H,2,7-9,11H2,1H3,(H,22,25)(H,23,26)/t12-/m1/s1. The maximum atomic E-state index is 12.4. The second-order valence-corrected chi connectivity index (χ2v) is 8.46. The molecule has 1 atom stereocenters. The number of thiophene rings is 1. The molecule has 0 saturated carbocycles. The van der Waals surface area contributed by atoms with Crippen LogP contribution in [-0.4, -0.2) is 35.1 Å². The first kappa shape index (κ1) is 19.3. The first-order valence-electron chi connectivity index (χ1n) is 9.64. The van der Waals surface area contributed by atoms with Crippen LogP contribution in [0.3, 0.4) is 0 Å². The SMILES string of the molecule is CC[C@@H]1CCc2sc(C(=O)NNC(=O)CN3C(=O)c4ccccc4C3=O)cc2C1. The Morgan fingerprint density at radius 2 is 1.83 bits per heavy atom. The minimum absolute atomic E-state index is 0.281. The van der Waals surface area contributed by atoms with Crippen molar-refractivity contribution in [3.63, 3.8) is 0 Å². The summed E-state index contributed by atoms with van der Waals surface area (Å²) in [6.45, 7) is 1.73. The van der Waals surface area contributed by atoms with Gasteiger partial charge in [-0.3, -0.25) is 34.9 Å². The number of nitrogens with one attached hydrogen (secondary N) is 2. The fourth-order valence-corrected chi connectivity index (χ4v) is 4.92. The van der Waals surface area contributed by atoms with Gasteiger partial charge in [-0.05, 0) is 48.9 Å². The predicted molar refractivity (Wildman–Crippen MR) is 108 cm³/mol. The molecular weight excluding hydrogens is 390 g/mol. The van der Waals surface area contributed by atoms with Crippen LogP contribution in [0.25, 0.3) is 0 Å². The van der Waals surface area contributed by atoms with Crippen molar-refractivity contribution in [1.29, 1.82) is 0 Å². The lowest BCUT2D eigenvalue weighted by Crippen LogP contribution is -2.47. The molecule has 0 bridgehead atoms. The maximum Gasteiger partial charge on any atom is 0.279 e. The minimum atomic E-state index is -0.639. The Labute approximate surface area is 172 Å². The number of carbonyl (C=O) groups is 4. The molecule has 0 unspecified atom stereocenters. The van der Waals surface area contributed by atoms with Gasteiger partial charge in [-0.2, -0.15) is 0 Å². The third-order valence-corrected chi connectivity index (χ3v) is 6.72. The van der Waals surface area contributed by atoms with E-state index in [-0.39, 0.29) is 11.1 Å². The van der Waals surface area contributed by atoms with Crippen molar-refractivity contribution in [2.45, 2.75) is 32.6 Å². The van der Waals surface area contributed by atoms with Gasteiger partial charge >= 0.3 is 0 Å². The number of hydrogen-bond donors (Lipinski definition) is 2. The highest BCUT2D eigenvalue weighted by atomic mass is 32.1. The number of benzene rings is 1. The molecular formula is C21H21N3O4S. The summed E-state index contributed by atoms with van der Waals surface area (Å²) in [5, 5.41) is 0. The molecule has 29 heavy (non-hydrogen) atoms. The summed E-state index contributed by atoms with van der Waals surface area (Å²) in [7, 11) is 0. The van der Waals surface area contributed by atoms with Gasteiger partial charge in [-0.25, -0.2) is 0 Å². The first-order chi connectivity index (χ1) is 14.0. The highest BCUT2D eigenvalue weighted by molar-refractivity contribution is 7.14. The average Bonchev–Trinajstić information content (AvgIpc) is 3.27. The van der Waals surface area contributed by atoms with Crippen LogP contribution in [0.5, 0.6) is 0 Å². The number of rotatable bonds is 4.